The van der Waals surface area contributed by atoms with Gasteiger partial charge in [-0.25, -0.2) is 4.98 Å². The number of hydrogen-bond donors (Lipinski definition) is 0. The number of fused-ring (bicyclic) bond motifs is 4. The zero-order valence-electron chi connectivity index (χ0n) is 49.3. The second-order valence-electron chi connectivity index (χ2n) is 27.9. The standard InChI is InChI=1S/C72H81N4O/c1-67(2,3)48-32-33-73-65(42-48)76-61-27-20-19-26-57(61)58-31-30-56(44-64(58)76)77-55-25-23-24-54(43-55)74-45-75(63-29-22-21-28-62(63)74)66-59(46-34-49(68(4,5)6)38-50(35-46)69(7,8)9)40-53(72(16,17)18)41-60(66)47-36-51(70(10,11)12)39-52(37-47)71(13,14)15/h19-45H,1-18H3/q+1. The summed E-state index contributed by atoms with van der Waals surface area (Å²) in [4.78, 5) is 4.93. The maximum absolute atomic E-state index is 6.92. The van der Waals surface area contributed by atoms with Crippen molar-refractivity contribution in [2.24, 2.45) is 0 Å². The van der Waals surface area contributed by atoms with E-state index in [0.29, 0.717) is 0 Å². The number of benzene rings is 7. The topological polar surface area (TPSA) is 35.9 Å². The summed E-state index contributed by atoms with van der Waals surface area (Å²) < 4.78 is 14.0. The van der Waals surface area contributed by atoms with Gasteiger partial charge >= 0.3 is 0 Å². The van der Waals surface area contributed by atoms with Gasteiger partial charge < -0.3 is 4.74 Å². The molecule has 0 fully saturated rings. The van der Waals surface area contributed by atoms with Crippen molar-refractivity contribution in [2.75, 3.05) is 0 Å². The zero-order valence-corrected chi connectivity index (χ0v) is 49.3. The minimum absolute atomic E-state index is 0.0239. The van der Waals surface area contributed by atoms with Crippen molar-refractivity contribution in [3.63, 3.8) is 0 Å². The van der Waals surface area contributed by atoms with Crippen LogP contribution in [0.1, 0.15) is 158 Å². The van der Waals surface area contributed by atoms with E-state index in [0.717, 1.165) is 56.1 Å². The molecule has 3 heterocycles. The summed E-state index contributed by atoms with van der Waals surface area (Å²) >= 11 is 0. The number of para-hydroxylation sites is 3. The van der Waals surface area contributed by atoms with Crippen LogP contribution in [0, 0.1) is 0 Å². The molecule has 0 radical (unpaired) electrons. The monoisotopic (exact) mass is 1020 g/mol. The Morgan fingerprint density at radius 1 is 0.390 bits per heavy atom. The molecule has 0 N–H and O–H groups in total. The fourth-order valence-corrected chi connectivity index (χ4v) is 10.7. The highest BCUT2D eigenvalue weighted by molar-refractivity contribution is 6.09. The van der Waals surface area contributed by atoms with Crippen LogP contribution in [0.3, 0.4) is 0 Å². The third-order valence-electron chi connectivity index (χ3n) is 15.6. The Hall–Kier alpha value is -7.24. The summed E-state index contributed by atoms with van der Waals surface area (Å²) in [6, 6.07) is 56.5. The molecule has 5 nitrogen and oxygen atoms in total. The van der Waals surface area contributed by atoms with E-state index < -0.39 is 0 Å². The molecule has 394 valence electrons. The average molecular weight is 1020 g/mol. The molecule has 10 aromatic rings. The molecule has 0 unspecified atom stereocenters. The molecule has 0 aliphatic rings. The van der Waals surface area contributed by atoms with E-state index in [1.54, 1.807) is 0 Å². The minimum atomic E-state index is -0.139. The van der Waals surface area contributed by atoms with Crippen molar-refractivity contribution < 1.29 is 9.30 Å². The van der Waals surface area contributed by atoms with Gasteiger partial charge in [0.1, 0.15) is 28.7 Å². The Bertz CT molecular complexity index is 3730. The molecule has 0 bridgehead atoms. The first-order valence-electron chi connectivity index (χ1n) is 27.8. The molecule has 0 atom stereocenters. The first-order valence-corrected chi connectivity index (χ1v) is 27.8. The average Bonchev–Trinajstić information content (AvgIpc) is 4.12. The summed E-state index contributed by atoms with van der Waals surface area (Å²) in [5.41, 5.74) is 18.8. The lowest BCUT2D eigenvalue weighted by atomic mass is 9.76. The van der Waals surface area contributed by atoms with Crippen LogP contribution < -0.4 is 9.30 Å². The van der Waals surface area contributed by atoms with Gasteiger partial charge in [0.05, 0.1) is 11.0 Å². The van der Waals surface area contributed by atoms with E-state index in [-0.39, 0.29) is 32.5 Å². The molecule has 0 spiro atoms. The van der Waals surface area contributed by atoms with Crippen LogP contribution >= 0.6 is 0 Å². The highest BCUT2D eigenvalue weighted by atomic mass is 16.5. The van der Waals surface area contributed by atoms with Crippen LogP contribution in [0.25, 0.3) is 72.3 Å². The third-order valence-corrected chi connectivity index (χ3v) is 15.6. The predicted octanol–water partition coefficient (Wildman–Crippen LogP) is 19.3. The van der Waals surface area contributed by atoms with Crippen molar-refractivity contribution >= 4 is 32.8 Å². The van der Waals surface area contributed by atoms with Crippen molar-refractivity contribution in [3.8, 4) is 50.9 Å². The third kappa shape index (κ3) is 10.4. The van der Waals surface area contributed by atoms with Crippen LogP contribution in [0.15, 0.2) is 164 Å². The quantitative estimate of drug-likeness (QED) is 0.149. The molecular formula is C72H81N4O+. The van der Waals surface area contributed by atoms with Crippen LogP contribution in [0.5, 0.6) is 11.5 Å². The van der Waals surface area contributed by atoms with Gasteiger partial charge in [0.15, 0.2) is 11.0 Å². The fourth-order valence-electron chi connectivity index (χ4n) is 10.7. The molecule has 77 heavy (non-hydrogen) atoms. The molecule has 10 rings (SSSR count). The number of hydrogen-bond acceptors (Lipinski definition) is 2. The number of aromatic nitrogens is 4. The molecule has 0 amide bonds. The number of rotatable bonds is 7. The molecule has 7 aromatic carbocycles. The number of pyridine rings is 1. The number of nitrogens with zero attached hydrogens (tertiary/aromatic N) is 4. The molecular weight excluding hydrogens is 937 g/mol. The van der Waals surface area contributed by atoms with Crippen molar-refractivity contribution in [1.29, 1.82) is 0 Å². The summed E-state index contributed by atoms with van der Waals surface area (Å²) in [5, 5.41) is 2.33. The van der Waals surface area contributed by atoms with Gasteiger partial charge in [0, 0.05) is 40.2 Å². The second-order valence-corrected chi connectivity index (χ2v) is 27.9. The summed E-state index contributed by atoms with van der Waals surface area (Å²) in [6.45, 7) is 41.9. The Labute approximate surface area is 459 Å². The minimum Gasteiger partial charge on any atom is -0.457 e. The highest BCUT2D eigenvalue weighted by Gasteiger charge is 2.32. The van der Waals surface area contributed by atoms with E-state index >= 15 is 0 Å². The van der Waals surface area contributed by atoms with E-state index in [1.165, 1.54) is 61.0 Å². The Morgan fingerprint density at radius 2 is 0.870 bits per heavy atom. The summed E-state index contributed by atoms with van der Waals surface area (Å²) in [7, 11) is 0. The number of imidazole rings is 1. The lowest BCUT2D eigenvalue weighted by molar-refractivity contribution is -0.566. The van der Waals surface area contributed by atoms with Crippen molar-refractivity contribution in [2.45, 2.75) is 157 Å². The van der Waals surface area contributed by atoms with Gasteiger partial charge in [-0.1, -0.05) is 197 Å². The second kappa shape index (κ2) is 18.7. The van der Waals surface area contributed by atoms with E-state index in [1.807, 2.05) is 6.20 Å². The van der Waals surface area contributed by atoms with Gasteiger partial charge in [-0.05, 0) is 144 Å². The molecule has 0 saturated heterocycles. The van der Waals surface area contributed by atoms with Crippen molar-refractivity contribution in [1.82, 2.24) is 14.1 Å². The predicted molar refractivity (Wildman–Crippen MR) is 327 cm³/mol. The van der Waals surface area contributed by atoms with Crippen LogP contribution in [-0.4, -0.2) is 14.1 Å². The Kier molecular flexibility index (Phi) is 12.9. The van der Waals surface area contributed by atoms with Gasteiger partial charge in [0.25, 0.3) is 6.33 Å². The maximum atomic E-state index is 6.92. The molecule has 3 aromatic heterocycles. The van der Waals surface area contributed by atoms with Gasteiger partial charge in [-0.15, -0.1) is 0 Å². The van der Waals surface area contributed by atoms with Crippen LogP contribution in [0.2, 0.25) is 0 Å². The van der Waals surface area contributed by atoms with Crippen LogP contribution in [0.4, 0.5) is 0 Å². The van der Waals surface area contributed by atoms with E-state index in [4.69, 9.17) is 9.72 Å². The summed E-state index contributed by atoms with van der Waals surface area (Å²) in [6.07, 6.45) is 4.24. The first-order chi connectivity index (χ1) is 35.9. The molecule has 0 aliphatic heterocycles. The van der Waals surface area contributed by atoms with E-state index in [2.05, 4.69) is 296 Å². The zero-order chi connectivity index (χ0) is 55.4. The molecule has 5 heteroatoms. The van der Waals surface area contributed by atoms with Crippen LogP contribution in [-0.2, 0) is 32.5 Å². The lowest BCUT2D eigenvalue weighted by Crippen LogP contribution is -2.31. The first kappa shape index (κ1) is 53.2. The Morgan fingerprint density at radius 3 is 1.42 bits per heavy atom. The number of ether oxygens (including phenoxy) is 1. The van der Waals surface area contributed by atoms with Gasteiger partial charge in [0.2, 0.25) is 0 Å². The van der Waals surface area contributed by atoms with Crippen molar-refractivity contribution in [3.05, 3.63) is 198 Å². The normalized spacial score (nSPS) is 13.1. The highest BCUT2D eigenvalue weighted by Crippen LogP contribution is 2.44. The lowest BCUT2D eigenvalue weighted by Gasteiger charge is -2.29. The summed E-state index contributed by atoms with van der Waals surface area (Å²) in [5.74, 6) is 2.40. The smallest absolute Gasteiger partial charge is 0.255 e. The Balaban J connectivity index is 1.20. The SMILES string of the molecule is CC(C)(C)c1cc(-c2cc(C(C)(C)C)cc(-c3cc(C(C)(C)C)cc(C(C)(C)C)c3)c2-[n+]2cn(-c3cccc(Oc4ccc5c6ccccc6n(-c6cc(C(C)(C)C)ccn6)c5c4)c3)c3ccccc32)cc(C(C)(C)C)c1. The molecule has 0 saturated carbocycles. The molecule has 0 aliphatic carbocycles. The van der Waals surface area contributed by atoms with Gasteiger partial charge in [-0.2, -0.15) is 9.13 Å². The fraction of sp³-hybridized carbons (Fsp3) is 0.333. The maximum Gasteiger partial charge on any atom is 0.255 e. The van der Waals surface area contributed by atoms with Gasteiger partial charge in [-0.3, -0.25) is 4.57 Å². The largest absolute Gasteiger partial charge is 0.457 e. The van der Waals surface area contributed by atoms with E-state index in [9.17, 15) is 0 Å².